The summed E-state index contributed by atoms with van der Waals surface area (Å²) in [4.78, 5) is 11.4. The standard InChI is InChI=1S/C19H19NO4/c1-19(2,3)17(18(21)22)23-14-11-7-10-13-15(20-24-16(13)14)12-8-5-4-6-9-12/h4-11,17H,1-3H3,(H,21,22)/p-1. The van der Waals surface area contributed by atoms with E-state index < -0.39 is 17.5 Å². The topological polar surface area (TPSA) is 75.4 Å². The molecule has 0 aliphatic heterocycles. The third-order valence-corrected chi connectivity index (χ3v) is 3.75. The van der Waals surface area contributed by atoms with Crippen LogP contribution < -0.4 is 9.84 Å². The van der Waals surface area contributed by atoms with Crippen LogP contribution in [0.1, 0.15) is 20.8 Å². The molecule has 0 N–H and O–H groups in total. The van der Waals surface area contributed by atoms with Gasteiger partial charge >= 0.3 is 0 Å². The Morgan fingerprint density at radius 3 is 2.46 bits per heavy atom. The van der Waals surface area contributed by atoms with Crippen molar-refractivity contribution >= 4 is 16.9 Å². The molecule has 5 nitrogen and oxygen atoms in total. The number of hydrogen-bond donors (Lipinski definition) is 0. The first-order valence-electron chi connectivity index (χ1n) is 7.69. The van der Waals surface area contributed by atoms with Crippen molar-refractivity contribution in [3.05, 3.63) is 48.5 Å². The molecule has 1 aromatic heterocycles. The highest BCUT2D eigenvalue weighted by atomic mass is 16.5. The van der Waals surface area contributed by atoms with Crippen LogP contribution in [0.3, 0.4) is 0 Å². The summed E-state index contributed by atoms with van der Waals surface area (Å²) in [6.07, 6.45) is -1.10. The van der Waals surface area contributed by atoms with Crippen molar-refractivity contribution in [2.45, 2.75) is 26.9 Å². The van der Waals surface area contributed by atoms with Crippen LogP contribution in [-0.4, -0.2) is 17.2 Å². The summed E-state index contributed by atoms with van der Waals surface area (Å²) in [5.74, 6) is -0.923. The predicted octanol–water partition coefficient (Wildman–Crippen LogP) is 3.04. The van der Waals surface area contributed by atoms with Crippen molar-refractivity contribution < 1.29 is 19.2 Å². The van der Waals surface area contributed by atoms with E-state index in [9.17, 15) is 9.90 Å². The molecule has 124 valence electrons. The maximum Gasteiger partial charge on any atom is 0.209 e. The van der Waals surface area contributed by atoms with Gasteiger partial charge in [-0.2, -0.15) is 0 Å². The molecule has 1 atom stereocenters. The first-order chi connectivity index (χ1) is 11.4. The van der Waals surface area contributed by atoms with Gasteiger partial charge in [0.25, 0.3) is 0 Å². The Balaban J connectivity index is 2.05. The minimum absolute atomic E-state index is 0.339. The van der Waals surface area contributed by atoms with Crippen LogP contribution in [0.5, 0.6) is 5.75 Å². The fourth-order valence-electron chi connectivity index (χ4n) is 2.54. The van der Waals surface area contributed by atoms with E-state index >= 15 is 0 Å². The molecule has 3 aromatic rings. The van der Waals surface area contributed by atoms with Gasteiger partial charge in [-0.1, -0.05) is 62.3 Å². The second-order valence-corrected chi connectivity index (χ2v) is 6.71. The fraction of sp³-hybridized carbons (Fsp3) is 0.263. The van der Waals surface area contributed by atoms with Crippen LogP contribution in [0.2, 0.25) is 0 Å². The van der Waals surface area contributed by atoms with Gasteiger partial charge in [0.1, 0.15) is 11.8 Å². The zero-order valence-corrected chi connectivity index (χ0v) is 13.8. The van der Waals surface area contributed by atoms with Crippen LogP contribution in [0.15, 0.2) is 53.1 Å². The lowest BCUT2D eigenvalue weighted by Gasteiger charge is -2.31. The largest absolute Gasteiger partial charge is 0.546 e. The van der Waals surface area contributed by atoms with E-state index in [-0.39, 0.29) is 0 Å². The average Bonchev–Trinajstić information content (AvgIpc) is 2.96. The van der Waals surface area contributed by atoms with Crippen molar-refractivity contribution in [2.75, 3.05) is 0 Å². The number of ether oxygens (including phenoxy) is 1. The van der Waals surface area contributed by atoms with Gasteiger partial charge < -0.3 is 19.2 Å². The van der Waals surface area contributed by atoms with Crippen LogP contribution in [0.25, 0.3) is 22.2 Å². The van der Waals surface area contributed by atoms with E-state index in [2.05, 4.69) is 5.16 Å². The lowest BCUT2D eigenvalue weighted by Crippen LogP contribution is -2.47. The minimum atomic E-state index is -1.26. The van der Waals surface area contributed by atoms with Crippen molar-refractivity contribution in [3.8, 4) is 17.0 Å². The molecule has 3 rings (SSSR count). The number of para-hydroxylation sites is 1. The van der Waals surface area contributed by atoms with Crippen molar-refractivity contribution in [1.82, 2.24) is 5.16 Å². The second kappa shape index (κ2) is 6.00. The van der Waals surface area contributed by atoms with Gasteiger partial charge in [0, 0.05) is 11.0 Å². The number of carbonyl (C=O) groups is 1. The molecule has 0 radical (unpaired) electrons. The molecule has 0 amide bonds. The number of carboxylic acids is 1. The van der Waals surface area contributed by atoms with E-state index in [0.29, 0.717) is 17.0 Å². The van der Waals surface area contributed by atoms with Crippen molar-refractivity contribution in [1.29, 1.82) is 0 Å². The average molecular weight is 324 g/mol. The highest BCUT2D eigenvalue weighted by Crippen LogP contribution is 2.35. The van der Waals surface area contributed by atoms with Gasteiger partial charge in [-0.05, 0) is 12.1 Å². The lowest BCUT2D eigenvalue weighted by molar-refractivity contribution is -0.317. The molecule has 1 heterocycles. The van der Waals surface area contributed by atoms with E-state index in [0.717, 1.165) is 10.9 Å². The molecular formula is C19H18NO4-. The normalized spacial score (nSPS) is 13.0. The molecule has 2 aromatic carbocycles. The van der Waals surface area contributed by atoms with E-state index in [4.69, 9.17) is 9.26 Å². The molecule has 0 aliphatic carbocycles. The summed E-state index contributed by atoms with van der Waals surface area (Å²) in [6, 6.07) is 15.0. The summed E-state index contributed by atoms with van der Waals surface area (Å²) in [6.45, 7) is 5.34. The number of benzene rings is 2. The number of nitrogens with zero attached hydrogens (tertiary/aromatic N) is 1. The minimum Gasteiger partial charge on any atom is -0.546 e. The van der Waals surface area contributed by atoms with Gasteiger partial charge in [0.2, 0.25) is 5.58 Å². The summed E-state index contributed by atoms with van der Waals surface area (Å²) >= 11 is 0. The Morgan fingerprint density at radius 2 is 1.83 bits per heavy atom. The van der Waals surface area contributed by atoms with Gasteiger partial charge in [0.05, 0.1) is 11.4 Å². The first-order valence-corrected chi connectivity index (χ1v) is 7.69. The summed E-state index contributed by atoms with van der Waals surface area (Å²) in [5.41, 5.74) is 1.41. The fourth-order valence-corrected chi connectivity index (χ4v) is 2.54. The van der Waals surface area contributed by atoms with Gasteiger partial charge in [0.15, 0.2) is 5.75 Å². The smallest absolute Gasteiger partial charge is 0.209 e. The van der Waals surface area contributed by atoms with Gasteiger partial charge in [-0.25, -0.2) is 0 Å². The maximum atomic E-state index is 11.4. The summed E-state index contributed by atoms with van der Waals surface area (Å²) in [7, 11) is 0. The van der Waals surface area contributed by atoms with E-state index in [1.807, 2.05) is 36.4 Å². The number of carboxylic acid groups (broad SMARTS) is 1. The number of fused-ring (bicyclic) bond motifs is 1. The first kappa shape index (κ1) is 16.1. The molecule has 0 spiro atoms. The molecule has 1 unspecified atom stereocenters. The molecule has 24 heavy (non-hydrogen) atoms. The van der Waals surface area contributed by atoms with Gasteiger partial charge in [-0.15, -0.1) is 0 Å². The zero-order valence-electron chi connectivity index (χ0n) is 13.8. The summed E-state index contributed by atoms with van der Waals surface area (Å²) in [5, 5.41) is 16.3. The maximum absolute atomic E-state index is 11.4. The number of carbonyl (C=O) groups excluding carboxylic acids is 1. The number of aromatic nitrogens is 1. The van der Waals surface area contributed by atoms with Crippen LogP contribution in [-0.2, 0) is 4.79 Å². The Morgan fingerprint density at radius 1 is 1.12 bits per heavy atom. The van der Waals surface area contributed by atoms with Crippen LogP contribution in [0, 0.1) is 5.41 Å². The molecule has 0 bridgehead atoms. The molecule has 0 aliphatic rings. The zero-order chi connectivity index (χ0) is 17.3. The number of rotatable bonds is 4. The molecular weight excluding hydrogens is 306 g/mol. The Bertz CT molecular complexity index is 862. The third-order valence-electron chi connectivity index (χ3n) is 3.75. The van der Waals surface area contributed by atoms with Crippen LogP contribution in [0.4, 0.5) is 0 Å². The number of hydrogen-bond acceptors (Lipinski definition) is 5. The third kappa shape index (κ3) is 2.97. The van der Waals surface area contributed by atoms with Crippen LogP contribution >= 0.6 is 0 Å². The highest BCUT2D eigenvalue weighted by Gasteiger charge is 2.29. The Labute approximate surface area is 139 Å². The van der Waals surface area contributed by atoms with Crippen molar-refractivity contribution in [3.63, 3.8) is 0 Å². The Hall–Kier alpha value is -2.82. The summed E-state index contributed by atoms with van der Waals surface area (Å²) < 4.78 is 11.1. The molecule has 5 heteroatoms. The van der Waals surface area contributed by atoms with E-state index in [1.54, 1.807) is 32.9 Å². The second-order valence-electron chi connectivity index (χ2n) is 6.71. The SMILES string of the molecule is CC(C)(C)C(Oc1cccc2c(-c3ccccc3)noc12)C(=O)[O-]. The predicted molar refractivity (Wildman–Crippen MR) is 88.3 cm³/mol. The van der Waals surface area contributed by atoms with E-state index in [1.165, 1.54) is 0 Å². The van der Waals surface area contributed by atoms with Gasteiger partial charge in [-0.3, -0.25) is 0 Å². The number of aliphatic carboxylic acids is 1. The Kier molecular flexibility index (Phi) is 4.01. The lowest BCUT2D eigenvalue weighted by atomic mass is 9.89. The molecule has 0 fully saturated rings. The van der Waals surface area contributed by atoms with Crippen molar-refractivity contribution in [2.24, 2.45) is 5.41 Å². The molecule has 0 saturated heterocycles. The monoisotopic (exact) mass is 324 g/mol. The quantitative estimate of drug-likeness (QED) is 0.737. The molecule has 0 saturated carbocycles. The highest BCUT2D eigenvalue weighted by molar-refractivity contribution is 5.94.